The van der Waals surface area contributed by atoms with Crippen molar-refractivity contribution in [2.24, 2.45) is 5.92 Å². The number of rotatable bonds is 7. The lowest BCUT2D eigenvalue weighted by molar-refractivity contribution is -0.274. The van der Waals surface area contributed by atoms with E-state index >= 15 is 0 Å². The van der Waals surface area contributed by atoms with Crippen molar-refractivity contribution in [3.8, 4) is 5.75 Å². The molecule has 162 valence electrons. The second-order valence-electron chi connectivity index (χ2n) is 7.84. The Morgan fingerprint density at radius 2 is 1.87 bits per heavy atom. The average Bonchev–Trinajstić information content (AvgIpc) is 2.59. The molecule has 1 aromatic carbocycles. The number of alkyl halides is 3. The average molecular weight is 422 g/mol. The van der Waals surface area contributed by atoms with Crippen LogP contribution in [0.25, 0.3) is 0 Å². The molecule has 2 heterocycles. The Hall–Kier alpha value is -2.81. The van der Waals surface area contributed by atoms with Gasteiger partial charge in [-0.3, -0.25) is 0 Å². The monoisotopic (exact) mass is 422 g/mol. The number of aromatic nitrogens is 1. The van der Waals surface area contributed by atoms with Crippen LogP contribution in [0.15, 0.2) is 36.5 Å². The maximum atomic E-state index is 12.3. The Morgan fingerprint density at radius 1 is 1.23 bits per heavy atom. The summed E-state index contributed by atoms with van der Waals surface area (Å²) >= 11 is 0. The quantitative estimate of drug-likeness (QED) is 0.563. The summed E-state index contributed by atoms with van der Waals surface area (Å²) < 4.78 is 40.9. The third kappa shape index (κ3) is 5.02. The van der Waals surface area contributed by atoms with Gasteiger partial charge in [-0.2, -0.15) is 0 Å². The van der Waals surface area contributed by atoms with Gasteiger partial charge < -0.3 is 25.5 Å². The standard InChI is InChI=1S/C21H25F3N4O2/c1-4-16(25)18-17(28-11-13(12-28)20(2,3)29)9-10-26-19(18)27-14-5-7-15(8-6-14)30-21(22,23)24/h5-10,13,25,29H,4,11-12H2,1-3H3,(H,26,27). The molecule has 1 fully saturated rings. The molecule has 1 saturated heterocycles. The molecule has 0 amide bonds. The van der Waals surface area contributed by atoms with E-state index < -0.39 is 12.0 Å². The zero-order chi connectivity index (χ0) is 22.1. The van der Waals surface area contributed by atoms with Crippen LogP contribution in [0.4, 0.5) is 30.4 Å². The first kappa shape index (κ1) is 21.9. The second-order valence-corrected chi connectivity index (χ2v) is 7.84. The van der Waals surface area contributed by atoms with Crippen molar-refractivity contribution < 1.29 is 23.0 Å². The van der Waals surface area contributed by atoms with Gasteiger partial charge in [0.2, 0.25) is 0 Å². The van der Waals surface area contributed by atoms with Crippen LogP contribution < -0.4 is 15.0 Å². The summed E-state index contributed by atoms with van der Waals surface area (Å²) in [7, 11) is 0. The Labute approximate surface area is 173 Å². The third-order valence-corrected chi connectivity index (χ3v) is 5.16. The number of halogens is 3. The predicted molar refractivity (Wildman–Crippen MR) is 110 cm³/mol. The second kappa shape index (κ2) is 8.14. The summed E-state index contributed by atoms with van der Waals surface area (Å²) in [5.74, 6) is 0.275. The molecule has 30 heavy (non-hydrogen) atoms. The zero-order valence-electron chi connectivity index (χ0n) is 17.0. The van der Waals surface area contributed by atoms with Crippen LogP contribution >= 0.6 is 0 Å². The van der Waals surface area contributed by atoms with E-state index in [-0.39, 0.29) is 11.7 Å². The number of hydrogen-bond acceptors (Lipinski definition) is 6. The molecule has 0 unspecified atom stereocenters. The Morgan fingerprint density at radius 3 is 2.40 bits per heavy atom. The van der Waals surface area contributed by atoms with Crippen LogP contribution in [0.3, 0.4) is 0 Å². The maximum Gasteiger partial charge on any atom is 0.573 e. The van der Waals surface area contributed by atoms with E-state index in [4.69, 9.17) is 5.41 Å². The van der Waals surface area contributed by atoms with Crippen molar-refractivity contribution in [2.75, 3.05) is 23.3 Å². The highest BCUT2D eigenvalue weighted by Gasteiger charge is 2.38. The van der Waals surface area contributed by atoms with Crippen LogP contribution in [0.2, 0.25) is 0 Å². The highest BCUT2D eigenvalue weighted by atomic mass is 19.4. The van der Waals surface area contributed by atoms with Crippen molar-refractivity contribution in [3.63, 3.8) is 0 Å². The summed E-state index contributed by atoms with van der Waals surface area (Å²) in [6, 6.07) is 7.19. The number of nitrogens with one attached hydrogen (secondary N) is 2. The minimum Gasteiger partial charge on any atom is -0.406 e. The van der Waals surface area contributed by atoms with Crippen molar-refractivity contribution in [3.05, 3.63) is 42.1 Å². The lowest BCUT2D eigenvalue weighted by Crippen LogP contribution is -2.56. The van der Waals surface area contributed by atoms with Crippen LogP contribution in [0, 0.1) is 11.3 Å². The highest BCUT2D eigenvalue weighted by Crippen LogP contribution is 2.36. The van der Waals surface area contributed by atoms with Crippen molar-refractivity contribution in [1.82, 2.24) is 4.98 Å². The summed E-state index contributed by atoms with van der Waals surface area (Å²) in [5, 5.41) is 21.7. The molecule has 0 radical (unpaired) electrons. The predicted octanol–water partition coefficient (Wildman–Crippen LogP) is 4.71. The summed E-state index contributed by atoms with van der Waals surface area (Å²) in [5.41, 5.74) is 1.63. The molecule has 0 bridgehead atoms. The number of nitrogens with zero attached hydrogens (tertiary/aromatic N) is 2. The Kier molecular flexibility index (Phi) is 5.94. The fourth-order valence-electron chi connectivity index (χ4n) is 3.28. The molecule has 0 aliphatic carbocycles. The molecule has 0 atom stereocenters. The Bertz CT molecular complexity index is 902. The topological polar surface area (TPSA) is 81.5 Å². The SMILES string of the molecule is CCC(=N)c1c(N2CC(C(C)(C)O)C2)ccnc1Nc1ccc(OC(F)(F)F)cc1. The molecular formula is C21H25F3N4O2. The van der Waals surface area contributed by atoms with E-state index in [9.17, 15) is 18.3 Å². The molecule has 3 rings (SSSR count). The van der Waals surface area contributed by atoms with Gasteiger partial charge in [-0.25, -0.2) is 4.98 Å². The first-order valence-corrected chi connectivity index (χ1v) is 9.65. The van der Waals surface area contributed by atoms with Gasteiger partial charge in [0, 0.05) is 36.6 Å². The van der Waals surface area contributed by atoms with Gasteiger partial charge in [-0.1, -0.05) is 6.92 Å². The lowest BCUT2D eigenvalue weighted by atomic mass is 9.83. The van der Waals surface area contributed by atoms with E-state index in [0.717, 1.165) is 5.69 Å². The van der Waals surface area contributed by atoms with Gasteiger partial charge in [0.25, 0.3) is 0 Å². The van der Waals surface area contributed by atoms with Crippen molar-refractivity contribution >= 4 is 22.9 Å². The molecule has 0 spiro atoms. The minimum atomic E-state index is -4.74. The maximum absolute atomic E-state index is 12.3. The minimum absolute atomic E-state index is 0.131. The van der Waals surface area contributed by atoms with E-state index in [0.29, 0.717) is 42.3 Å². The molecule has 6 nitrogen and oxygen atoms in total. The number of benzene rings is 1. The number of hydrogen-bond donors (Lipinski definition) is 3. The van der Waals surface area contributed by atoms with Gasteiger partial charge in [0.15, 0.2) is 0 Å². The largest absolute Gasteiger partial charge is 0.573 e. The van der Waals surface area contributed by atoms with Crippen LogP contribution in [0.1, 0.15) is 32.8 Å². The molecule has 9 heteroatoms. The fraction of sp³-hybridized carbons (Fsp3) is 0.429. The molecule has 3 N–H and O–H groups in total. The Balaban J connectivity index is 1.84. The molecule has 0 saturated carbocycles. The first-order chi connectivity index (χ1) is 14.0. The fourth-order valence-corrected chi connectivity index (χ4v) is 3.28. The van der Waals surface area contributed by atoms with E-state index in [2.05, 4.69) is 19.9 Å². The van der Waals surface area contributed by atoms with Crippen molar-refractivity contribution in [1.29, 1.82) is 5.41 Å². The number of ether oxygens (including phenoxy) is 1. The number of pyridine rings is 1. The molecular weight excluding hydrogens is 397 g/mol. The first-order valence-electron chi connectivity index (χ1n) is 9.65. The van der Waals surface area contributed by atoms with Crippen LogP contribution in [0.5, 0.6) is 5.75 Å². The zero-order valence-corrected chi connectivity index (χ0v) is 17.0. The van der Waals surface area contributed by atoms with E-state index in [1.54, 1.807) is 20.0 Å². The van der Waals surface area contributed by atoms with Crippen LogP contribution in [-0.4, -0.2) is 40.9 Å². The van der Waals surface area contributed by atoms with E-state index in [1.807, 2.05) is 13.0 Å². The highest BCUT2D eigenvalue weighted by molar-refractivity contribution is 6.07. The smallest absolute Gasteiger partial charge is 0.406 e. The van der Waals surface area contributed by atoms with Gasteiger partial charge in [0.1, 0.15) is 11.6 Å². The molecule has 1 aliphatic heterocycles. The summed E-state index contributed by atoms with van der Waals surface area (Å²) in [6.45, 7) is 6.79. The van der Waals surface area contributed by atoms with Gasteiger partial charge in [-0.05, 0) is 50.6 Å². The van der Waals surface area contributed by atoms with Crippen LogP contribution in [-0.2, 0) is 0 Å². The van der Waals surface area contributed by atoms with E-state index in [1.165, 1.54) is 24.3 Å². The molecule has 1 aromatic heterocycles. The molecule has 2 aromatic rings. The summed E-state index contributed by atoms with van der Waals surface area (Å²) in [4.78, 5) is 6.45. The van der Waals surface area contributed by atoms with Gasteiger partial charge in [0.05, 0.1) is 16.9 Å². The summed E-state index contributed by atoms with van der Waals surface area (Å²) in [6.07, 6.45) is -2.62. The normalized spacial score (nSPS) is 15.0. The van der Waals surface area contributed by atoms with Gasteiger partial charge >= 0.3 is 6.36 Å². The third-order valence-electron chi connectivity index (χ3n) is 5.16. The number of anilines is 3. The van der Waals surface area contributed by atoms with Crippen molar-refractivity contribution in [2.45, 2.75) is 39.2 Å². The number of aliphatic hydroxyl groups is 1. The molecule has 1 aliphatic rings. The lowest BCUT2D eigenvalue weighted by Gasteiger charge is -2.47. The van der Waals surface area contributed by atoms with Gasteiger partial charge in [-0.15, -0.1) is 13.2 Å².